The Morgan fingerprint density at radius 1 is 1.25 bits per heavy atom. The summed E-state index contributed by atoms with van der Waals surface area (Å²) in [4.78, 5) is 24.0. The predicted octanol–water partition coefficient (Wildman–Crippen LogP) is 3.00. The fourth-order valence-electron chi connectivity index (χ4n) is 1.95. The molecule has 0 fully saturated rings. The zero-order valence-electron chi connectivity index (χ0n) is 11.0. The quantitative estimate of drug-likeness (QED) is 0.889. The van der Waals surface area contributed by atoms with Crippen molar-refractivity contribution in [3.63, 3.8) is 0 Å². The van der Waals surface area contributed by atoms with Crippen LogP contribution >= 0.6 is 11.3 Å². The fraction of sp³-hybridized carbons (Fsp3) is 0.200. The number of benzene rings is 1. The van der Waals surface area contributed by atoms with E-state index in [1.807, 2.05) is 36.6 Å². The number of carboxylic acids is 1. The Labute approximate surface area is 121 Å². The number of rotatable bonds is 5. The first kappa shape index (κ1) is 14.3. The molecule has 2 N–H and O–H groups in total. The van der Waals surface area contributed by atoms with E-state index in [-0.39, 0.29) is 12.3 Å². The predicted molar refractivity (Wildman–Crippen MR) is 78.0 cm³/mol. The van der Waals surface area contributed by atoms with Gasteiger partial charge in [-0.2, -0.15) is 0 Å². The molecule has 2 aromatic rings. The van der Waals surface area contributed by atoms with Crippen LogP contribution in [-0.4, -0.2) is 17.0 Å². The van der Waals surface area contributed by atoms with E-state index in [1.165, 1.54) is 11.3 Å². The van der Waals surface area contributed by atoms with Crippen LogP contribution in [0.15, 0.2) is 41.8 Å². The highest BCUT2D eigenvalue weighted by Gasteiger charge is 2.20. The van der Waals surface area contributed by atoms with Crippen molar-refractivity contribution in [2.45, 2.75) is 19.4 Å². The molecule has 0 aliphatic carbocycles. The number of hydrogen-bond acceptors (Lipinski definition) is 3. The lowest BCUT2D eigenvalue weighted by molar-refractivity contribution is -0.137. The largest absolute Gasteiger partial charge is 0.481 e. The minimum Gasteiger partial charge on any atom is -0.481 e. The Kier molecular flexibility index (Phi) is 4.53. The van der Waals surface area contributed by atoms with Crippen molar-refractivity contribution in [3.05, 3.63) is 57.8 Å². The summed E-state index contributed by atoms with van der Waals surface area (Å²) in [6, 6.07) is 10.4. The van der Waals surface area contributed by atoms with Crippen LogP contribution in [0.5, 0.6) is 0 Å². The van der Waals surface area contributed by atoms with Gasteiger partial charge in [-0.15, -0.1) is 11.3 Å². The monoisotopic (exact) mass is 289 g/mol. The molecule has 0 radical (unpaired) electrons. The van der Waals surface area contributed by atoms with Crippen molar-refractivity contribution in [2.75, 3.05) is 0 Å². The third kappa shape index (κ3) is 3.45. The Balaban J connectivity index is 2.18. The van der Waals surface area contributed by atoms with Gasteiger partial charge < -0.3 is 10.4 Å². The summed E-state index contributed by atoms with van der Waals surface area (Å²) < 4.78 is 0. The molecule has 0 unspecified atom stereocenters. The molecule has 4 nitrogen and oxygen atoms in total. The molecule has 1 aromatic heterocycles. The summed E-state index contributed by atoms with van der Waals surface area (Å²) in [6.45, 7) is 1.85. The summed E-state index contributed by atoms with van der Waals surface area (Å²) in [5.41, 5.74) is 1.43. The smallest absolute Gasteiger partial charge is 0.305 e. The molecule has 1 atom stereocenters. The fourth-order valence-corrected chi connectivity index (χ4v) is 2.73. The van der Waals surface area contributed by atoms with E-state index in [0.717, 1.165) is 10.4 Å². The summed E-state index contributed by atoms with van der Waals surface area (Å²) >= 11 is 1.44. The van der Waals surface area contributed by atoms with Crippen LogP contribution < -0.4 is 5.32 Å². The van der Waals surface area contributed by atoms with E-state index in [4.69, 9.17) is 5.11 Å². The zero-order chi connectivity index (χ0) is 14.5. The summed E-state index contributed by atoms with van der Waals surface area (Å²) in [5.74, 6) is -1.18. The standard InChI is InChI=1S/C15H15NO3S/c1-10-5-2-3-6-11(10)15(19)16-12(9-14(17)18)13-7-4-8-20-13/h2-8,12H,9H2,1H3,(H,16,19)(H,17,18)/t12-/m1/s1. The van der Waals surface area contributed by atoms with Gasteiger partial charge in [-0.25, -0.2) is 0 Å². The first-order chi connectivity index (χ1) is 9.58. The maximum Gasteiger partial charge on any atom is 0.305 e. The van der Waals surface area contributed by atoms with Gasteiger partial charge >= 0.3 is 5.97 Å². The highest BCUT2D eigenvalue weighted by Crippen LogP contribution is 2.22. The Hall–Kier alpha value is -2.14. The molecular weight excluding hydrogens is 274 g/mol. The molecule has 2 rings (SSSR count). The van der Waals surface area contributed by atoms with Gasteiger partial charge in [0.1, 0.15) is 0 Å². The van der Waals surface area contributed by atoms with Gasteiger partial charge in [0, 0.05) is 10.4 Å². The van der Waals surface area contributed by atoms with E-state index in [0.29, 0.717) is 5.56 Å². The molecule has 0 aliphatic rings. The van der Waals surface area contributed by atoms with Crippen molar-refractivity contribution in [3.8, 4) is 0 Å². The van der Waals surface area contributed by atoms with E-state index in [9.17, 15) is 9.59 Å². The molecule has 20 heavy (non-hydrogen) atoms. The molecule has 5 heteroatoms. The Morgan fingerprint density at radius 2 is 2.00 bits per heavy atom. The van der Waals surface area contributed by atoms with Gasteiger partial charge in [-0.05, 0) is 30.0 Å². The average molecular weight is 289 g/mol. The number of thiophene rings is 1. The van der Waals surface area contributed by atoms with Gasteiger partial charge in [0.25, 0.3) is 5.91 Å². The number of hydrogen-bond donors (Lipinski definition) is 2. The van der Waals surface area contributed by atoms with Crippen molar-refractivity contribution in [1.82, 2.24) is 5.32 Å². The van der Waals surface area contributed by atoms with Crippen molar-refractivity contribution < 1.29 is 14.7 Å². The lowest BCUT2D eigenvalue weighted by atomic mass is 10.1. The normalized spacial score (nSPS) is 11.8. The number of carbonyl (C=O) groups excluding carboxylic acids is 1. The van der Waals surface area contributed by atoms with Crippen LogP contribution in [0.3, 0.4) is 0 Å². The molecule has 1 heterocycles. The van der Waals surface area contributed by atoms with Gasteiger partial charge in [-0.3, -0.25) is 9.59 Å². The number of carboxylic acid groups (broad SMARTS) is 1. The second-order valence-corrected chi connectivity index (χ2v) is 5.43. The average Bonchev–Trinajstić information content (AvgIpc) is 2.91. The molecule has 0 bridgehead atoms. The topological polar surface area (TPSA) is 66.4 Å². The van der Waals surface area contributed by atoms with Crippen LogP contribution in [0, 0.1) is 6.92 Å². The zero-order valence-corrected chi connectivity index (χ0v) is 11.8. The van der Waals surface area contributed by atoms with Crippen LogP contribution in [0.4, 0.5) is 0 Å². The second-order valence-electron chi connectivity index (χ2n) is 4.45. The number of aliphatic carboxylic acids is 1. The summed E-state index contributed by atoms with van der Waals surface area (Å²) in [6.07, 6.45) is -0.127. The van der Waals surface area contributed by atoms with E-state index in [1.54, 1.807) is 12.1 Å². The number of aryl methyl sites for hydroxylation is 1. The van der Waals surface area contributed by atoms with Crippen molar-refractivity contribution in [2.24, 2.45) is 0 Å². The van der Waals surface area contributed by atoms with Gasteiger partial charge in [0.2, 0.25) is 0 Å². The highest BCUT2D eigenvalue weighted by atomic mass is 32.1. The van der Waals surface area contributed by atoms with Gasteiger partial charge in [-0.1, -0.05) is 24.3 Å². The molecule has 1 amide bonds. The first-order valence-corrected chi connectivity index (χ1v) is 7.07. The third-order valence-electron chi connectivity index (χ3n) is 2.96. The van der Waals surface area contributed by atoms with Crippen molar-refractivity contribution >= 4 is 23.2 Å². The van der Waals surface area contributed by atoms with Gasteiger partial charge in [0.15, 0.2) is 0 Å². The van der Waals surface area contributed by atoms with E-state index in [2.05, 4.69) is 5.32 Å². The maximum atomic E-state index is 12.3. The maximum absolute atomic E-state index is 12.3. The summed E-state index contributed by atoms with van der Waals surface area (Å²) in [7, 11) is 0. The lowest BCUT2D eigenvalue weighted by Crippen LogP contribution is -2.30. The number of nitrogens with one attached hydrogen (secondary N) is 1. The Bertz CT molecular complexity index is 607. The molecule has 104 valence electrons. The minimum absolute atomic E-state index is 0.127. The molecular formula is C15H15NO3S. The molecule has 0 saturated heterocycles. The Morgan fingerprint density at radius 3 is 2.60 bits per heavy atom. The minimum atomic E-state index is -0.937. The van der Waals surface area contributed by atoms with Crippen LogP contribution in [0.25, 0.3) is 0 Å². The van der Waals surface area contributed by atoms with Crippen LogP contribution in [-0.2, 0) is 4.79 Å². The van der Waals surface area contributed by atoms with Crippen LogP contribution in [0.1, 0.15) is 33.3 Å². The number of carbonyl (C=O) groups is 2. The highest BCUT2D eigenvalue weighted by molar-refractivity contribution is 7.10. The molecule has 0 saturated carbocycles. The lowest BCUT2D eigenvalue weighted by Gasteiger charge is -2.16. The van der Waals surface area contributed by atoms with E-state index < -0.39 is 12.0 Å². The van der Waals surface area contributed by atoms with Gasteiger partial charge in [0.05, 0.1) is 12.5 Å². The van der Waals surface area contributed by atoms with Crippen molar-refractivity contribution in [1.29, 1.82) is 0 Å². The number of amides is 1. The second kappa shape index (κ2) is 6.34. The first-order valence-electron chi connectivity index (χ1n) is 6.19. The third-order valence-corrected chi connectivity index (χ3v) is 3.95. The van der Waals surface area contributed by atoms with Crippen LogP contribution in [0.2, 0.25) is 0 Å². The molecule has 0 spiro atoms. The SMILES string of the molecule is Cc1ccccc1C(=O)N[C@H](CC(=O)O)c1cccs1. The van der Waals surface area contributed by atoms with E-state index >= 15 is 0 Å². The molecule has 0 aliphatic heterocycles. The summed E-state index contributed by atoms with van der Waals surface area (Å²) in [5, 5.41) is 13.6. The molecule has 1 aromatic carbocycles.